The maximum atomic E-state index is 12.6. The van der Waals surface area contributed by atoms with E-state index in [1.807, 2.05) is 17.0 Å². The van der Waals surface area contributed by atoms with E-state index in [1.54, 1.807) is 12.1 Å². The van der Waals surface area contributed by atoms with Crippen LogP contribution in [0.5, 0.6) is 5.75 Å². The zero-order chi connectivity index (χ0) is 14.9. The molecule has 1 aromatic rings. The van der Waals surface area contributed by atoms with Crippen molar-refractivity contribution in [1.29, 1.82) is 0 Å². The normalized spacial score (nSPS) is 19.7. The molecule has 3 rings (SSSR count). The van der Waals surface area contributed by atoms with E-state index in [0.717, 1.165) is 57.5 Å². The highest BCUT2D eigenvalue weighted by atomic mass is 35.5. The fourth-order valence-corrected chi connectivity index (χ4v) is 3.37. The number of benzene rings is 1. The first-order valence-electron chi connectivity index (χ1n) is 7.71. The van der Waals surface area contributed by atoms with Crippen LogP contribution < -0.4 is 10.6 Å². The van der Waals surface area contributed by atoms with Gasteiger partial charge in [-0.2, -0.15) is 0 Å². The van der Waals surface area contributed by atoms with E-state index < -0.39 is 5.54 Å². The second kappa shape index (κ2) is 8.08. The molecular formula is C16H25Cl2N3O2. The van der Waals surface area contributed by atoms with Gasteiger partial charge in [0.2, 0.25) is 5.91 Å². The van der Waals surface area contributed by atoms with E-state index in [2.05, 4.69) is 4.90 Å². The molecule has 1 aliphatic heterocycles. The Morgan fingerprint density at radius 1 is 1.00 bits per heavy atom. The lowest BCUT2D eigenvalue weighted by molar-refractivity contribution is -0.137. The van der Waals surface area contributed by atoms with Gasteiger partial charge in [-0.05, 0) is 37.1 Å². The van der Waals surface area contributed by atoms with Crippen molar-refractivity contribution in [2.24, 2.45) is 5.73 Å². The molecule has 3 N–H and O–H groups in total. The standard InChI is InChI=1S/C16H23N3O2.2ClH/c17-16(7-1-2-8-16)15(21)19-11-9-18(10-12-19)13-3-5-14(20)6-4-13;;/h3-6,20H,1-2,7-12,17H2;2*1H. The number of phenolic OH excluding ortho intramolecular Hbond substituents is 1. The number of carbonyl (C=O) groups is 1. The molecule has 1 aromatic carbocycles. The highest BCUT2D eigenvalue weighted by molar-refractivity contribution is 5.86. The van der Waals surface area contributed by atoms with Gasteiger partial charge >= 0.3 is 0 Å². The Bertz CT molecular complexity index is 511. The number of nitrogens with zero attached hydrogens (tertiary/aromatic N) is 2. The Kier molecular flexibility index (Phi) is 6.99. The molecule has 130 valence electrons. The Morgan fingerprint density at radius 3 is 2.04 bits per heavy atom. The van der Waals surface area contributed by atoms with Gasteiger partial charge in [0.05, 0.1) is 5.54 Å². The number of nitrogens with two attached hydrogens (primary N) is 1. The molecule has 0 atom stereocenters. The molecule has 1 aliphatic carbocycles. The second-order valence-electron chi connectivity index (χ2n) is 6.16. The van der Waals surface area contributed by atoms with E-state index in [9.17, 15) is 9.90 Å². The summed E-state index contributed by atoms with van der Waals surface area (Å²) in [7, 11) is 0. The minimum atomic E-state index is -0.610. The lowest BCUT2D eigenvalue weighted by atomic mass is 9.97. The van der Waals surface area contributed by atoms with Crippen LogP contribution in [0.1, 0.15) is 25.7 Å². The summed E-state index contributed by atoms with van der Waals surface area (Å²) in [4.78, 5) is 16.7. The minimum absolute atomic E-state index is 0. The van der Waals surface area contributed by atoms with Crippen LogP contribution in [0, 0.1) is 0 Å². The Hall–Kier alpha value is -1.17. The minimum Gasteiger partial charge on any atom is -0.508 e. The number of anilines is 1. The van der Waals surface area contributed by atoms with Crippen molar-refractivity contribution < 1.29 is 9.90 Å². The molecule has 0 spiro atoms. The SMILES string of the molecule is Cl.Cl.NC1(C(=O)N2CCN(c3ccc(O)cc3)CC2)CCCC1. The van der Waals surface area contributed by atoms with Crippen LogP contribution >= 0.6 is 24.8 Å². The lowest BCUT2D eigenvalue weighted by Crippen LogP contribution is -2.58. The molecule has 7 heteroatoms. The van der Waals surface area contributed by atoms with Crippen LogP contribution in [0.15, 0.2) is 24.3 Å². The molecule has 1 amide bonds. The van der Waals surface area contributed by atoms with Gasteiger partial charge in [0.15, 0.2) is 0 Å². The molecule has 0 unspecified atom stereocenters. The van der Waals surface area contributed by atoms with Crippen LogP contribution in [-0.4, -0.2) is 47.6 Å². The highest BCUT2D eigenvalue weighted by Gasteiger charge is 2.40. The number of piperazine rings is 1. The zero-order valence-corrected chi connectivity index (χ0v) is 14.7. The third kappa shape index (κ3) is 4.22. The van der Waals surface area contributed by atoms with Crippen molar-refractivity contribution in [2.45, 2.75) is 31.2 Å². The summed E-state index contributed by atoms with van der Waals surface area (Å²) in [6.45, 7) is 3.07. The van der Waals surface area contributed by atoms with E-state index in [1.165, 1.54) is 0 Å². The Labute approximate surface area is 149 Å². The maximum absolute atomic E-state index is 12.6. The smallest absolute Gasteiger partial charge is 0.242 e. The molecule has 2 aliphatic rings. The molecule has 1 heterocycles. The summed E-state index contributed by atoms with van der Waals surface area (Å²) in [6, 6.07) is 7.21. The molecule has 0 aromatic heterocycles. The molecule has 1 saturated carbocycles. The number of aromatic hydroxyl groups is 1. The van der Waals surface area contributed by atoms with Gasteiger partial charge in [-0.1, -0.05) is 12.8 Å². The molecular weight excluding hydrogens is 337 g/mol. The monoisotopic (exact) mass is 361 g/mol. The van der Waals surface area contributed by atoms with Gasteiger partial charge in [-0.15, -0.1) is 24.8 Å². The fraction of sp³-hybridized carbons (Fsp3) is 0.562. The highest BCUT2D eigenvalue weighted by Crippen LogP contribution is 2.29. The number of halogens is 2. The summed E-state index contributed by atoms with van der Waals surface area (Å²) in [5.74, 6) is 0.407. The average Bonchev–Trinajstić information content (AvgIpc) is 2.96. The number of hydrogen-bond acceptors (Lipinski definition) is 4. The molecule has 1 saturated heterocycles. The van der Waals surface area contributed by atoms with Crippen molar-refractivity contribution in [3.8, 4) is 5.75 Å². The van der Waals surface area contributed by atoms with Crippen molar-refractivity contribution in [1.82, 2.24) is 4.90 Å². The molecule has 0 radical (unpaired) electrons. The third-order valence-corrected chi connectivity index (χ3v) is 4.70. The van der Waals surface area contributed by atoms with Gasteiger partial charge in [0.1, 0.15) is 5.75 Å². The van der Waals surface area contributed by atoms with Crippen LogP contribution in [0.2, 0.25) is 0 Å². The van der Waals surface area contributed by atoms with Crippen LogP contribution in [0.25, 0.3) is 0 Å². The topological polar surface area (TPSA) is 69.8 Å². The number of carbonyl (C=O) groups excluding carboxylic acids is 1. The quantitative estimate of drug-likeness (QED) is 0.846. The molecule has 5 nitrogen and oxygen atoms in total. The number of amides is 1. The first-order valence-corrected chi connectivity index (χ1v) is 7.71. The van der Waals surface area contributed by atoms with Crippen molar-refractivity contribution >= 4 is 36.4 Å². The number of rotatable bonds is 2. The summed E-state index contributed by atoms with van der Waals surface area (Å²) in [5, 5.41) is 9.33. The summed E-state index contributed by atoms with van der Waals surface area (Å²) in [6.07, 6.45) is 3.78. The second-order valence-corrected chi connectivity index (χ2v) is 6.16. The zero-order valence-electron chi connectivity index (χ0n) is 13.1. The average molecular weight is 362 g/mol. The third-order valence-electron chi connectivity index (χ3n) is 4.70. The first-order chi connectivity index (χ1) is 10.1. The molecule has 23 heavy (non-hydrogen) atoms. The number of hydrogen-bond donors (Lipinski definition) is 2. The van der Waals surface area contributed by atoms with Crippen molar-refractivity contribution in [3.05, 3.63) is 24.3 Å². The molecule has 2 fully saturated rings. The predicted octanol–water partition coefficient (Wildman–Crippen LogP) is 2.16. The lowest BCUT2D eigenvalue weighted by Gasteiger charge is -2.39. The predicted molar refractivity (Wildman–Crippen MR) is 96.8 cm³/mol. The first kappa shape index (κ1) is 19.9. The van der Waals surface area contributed by atoms with E-state index in [4.69, 9.17) is 5.73 Å². The van der Waals surface area contributed by atoms with E-state index in [-0.39, 0.29) is 36.5 Å². The van der Waals surface area contributed by atoms with Gasteiger partial charge < -0.3 is 20.6 Å². The summed E-state index contributed by atoms with van der Waals surface area (Å²) >= 11 is 0. The van der Waals surface area contributed by atoms with E-state index >= 15 is 0 Å². The van der Waals surface area contributed by atoms with Gasteiger partial charge in [-0.25, -0.2) is 0 Å². The Balaban J connectivity index is 0.00000132. The summed E-state index contributed by atoms with van der Waals surface area (Å²) in [5.41, 5.74) is 6.74. The fourth-order valence-electron chi connectivity index (χ4n) is 3.37. The van der Waals surface area contributed by atoms with Crippen LogP contribution in [0.4, 0.5) is 5.69 Å². The largest absolute Gasteiger partial charge is 0.508 e. The van der Waals surface area contributed by atoms with Gasteiger partial charge in [0, 0.05) is 31.9 Å². The molecule has 0 bridgehead atoms. The van der Waals surface area contributed by atoms with Gasteiger partial charge in [-0.3, -0.25) is 4.79 Å². The number of phenols is 1. The van der Waals surface area contributed by atoms with Crippen LogP contribution in [0.3, 0.4) is 0 Å². The Morgan fingerprint density at radius 2 is 1.52 bits per heavy atom. The van der Waals surface area contributed by atoms with Crippen molar-refractivity contribution in [3.63, 3.8) is 0 Å². The van der Waals surface area contributed by atoms with Gasteiger partial charge in [0.25, 0.3) is 0 Å². The van der Waals surface area contributed by atoms with Crippen LogP contribution in [-0.2, 0) is 4.79 Å². The van der Waals surface area contributed by atoms with E-state index in [0.29, 0.717) is 0 Å². The van der Waals surface area contributed by atoms with Crippen molar-refractivity contribution in [2.75, 3.05) is 31.1 Å². The summed E-state index contributed by atoms with van der Waals surface area (Å²) < 4.78 is 0. The maximum Gasteiger partial charge on any atom is 0.242 e.